The molecule has 116 valence electrons. The second kappa shape index (κ2) is 6.67. The van der Waals surface area contributed by atoms with E-state index in [0.29, 0.717) is 25.5 Å². The molecule has 0 bridgehead atoms. The first-order valence-corrected chi connectivity index (χ1v) is 7.30. The van der Waals surface area contributed by atoms with Gasteiger partial charge in [0.25, 0.3) is 0 Å². The minimum atomic E-state index is -0.348. The number of amides is 1. The van der Waals surface area contributed by atoms with E-state index in [4.69, 9.17) is 4.74 Å². The van der Waals surface area contributed by atoms with Gasteiger partial charge in [0.15, 0.2) is 5.82 Å². The molecule has 1 aliphatic heterocycles. The molecule has 0 aromatic carbocycles. The number of hydrogen-bond acceptors (Lipinski definition) is 5. The first-order chi connectivity index (χ1) is 10.7. The van der Waals surface area contributed by atoms with E-state index < -0.39 is 0 Å². The van der Waals surface area contributed by atoms with Crippen molar-refractivity contribution in [3.63, 3.8) is 0 Å². The van der Waals surface area contributed by atoms with E-state index in [2.05, 4.69) is 20.7 Å². The molecule has 0 aliphatic carbocycles. The summed E-state index contributed by atoms with van der Waals surface area (Å²) in [5, 5.41) is 10.3. The average Bonchev–Trinajstić information content (AvgIpc) is 2.95. The Balaban J connectivity index is 1.60. The standard InChI is InChI=1S/C15H19N5O2/c1-11-14(17-7-9-22-11)15(21)18-13-4-8-20(19-13)10-12-2-5-16-6-3-12/h2-6,8,11,14,17H,7,9-10H2,1H3,(H,18,19,21)/t11-,14+/m1/s1. The maximum Gasteiger partial charge on any atom is 0.245 e. The minimum absolute atomic E-state index is 0.124. The highest BCUT2D eigenvalue weighted by Gasteiger charge is 2.28. The molecule has 1 saturated heterocycles. The van der Waals surface area contributed by atoms with Crippen LogP contribution in [0, 0.1) is 0 Å². The SMILES string of the molecule is C[C@H]1OCCN[C@@H]1C(=O)Nc1ccn(Cc2ccncc2)n1. The molecule has 7 nitrogen and oxygen atoms in total. The lowest BCUT2D eigenvalue weighted by molar-refractivity contribution is -0.123. The van der Waals surface area contributed by atoms with Crippen LogP contribution >= 0.6 is 0 Å². The topological polar surface area (TPSA) is 81.1 Å². The van der Waals surface area contributed by atoms with E-state index in [0.717, 1.165) is 5.56 Å². The van der Waals surface area contributed by atoms with Crippen LogP contribution in [-0.4, -0.2) is 46.0 Å². The van der Waals surface area contributed by atoms with Crippen molar-refractivity contribution in [1.29, 1.82) is 0 Å². The van der Waals surface area contributed by atoms with Crippen LogP contribution in [0.3, 0.4) is 0 Å². The molecular weight excluding hydrogens is 282 g/mol. The highest BCUT2D eigenvalue weighted by Crippen LogP contribution is 2.09. The second-order valence-electron chi connectivity index (χ2n) is 5.25. The number of carbonyl (C=O) groups excluding carboxylic acids is 1. The summed E-state index contributed by atoms with van der Waals surface area (Å²) < 4.78 is 7.26. The van der Waals surface area contributed by atoms with E-state index in [9.17, 15) is 4.79 Å². The van der Waals surface area contributed by atoms with E-state index in [1.807, 2.05) is 25.3 Å². The lowest BCUT2D eigenvalue weighted by Crippen LogP contribution is -2.53. The smallest absolute Gasteiger partial charge is 0.245 e. The van der Waals surface area contributed by atoms with Crippen molar-refractivity contribution in [2.45, 2.75) is 25.6 Å². The zero-order valence-electron chi connectivity index (χ0n) is 12.4. The van der Waals surface area contributed by atoms with E-state index in [1.165, 1.54) is 0 Å². The number of aromatic nitrogens is 3. The Morgan fingerprint density at radius 1 is 1.45 bits per heavy atom. The molecule has 22 heavy (non-hydrogen) atoms. The van der Waals surface area contributed by atoms with Crippen molar-refractivity contribution < 1.29 is 9.53 Å². The molecule has 1 aliphatic rings. The van der Waals surface area contributed by atoms with Gasteiger partial charge in [0, 0.05) is 31.2 Å². The van der Waals surface area contributed by atoms with Gasteiger partial charge in [-0.2, -0.15) is 5.10 Å². The van der Waals surface area contributed by atoms with Crippen LogP contribution in [0.2, 0.25) is 0 Å². The molecule has 1 fully saturated rings. The van der Waals surface area contributed by atoms with Crippen molar-refractivity contribution in [2.24, 2.45) is 0 Å². The fourth-order valence-corrected chi connectivity index (χ4v) is 2.42. The van der Waals surface area contributed by atoms with Crippen LogP contribution in [-0.2, 0) is 16.1 Å². The third-order valence-electron chi connectivity index (χ3n) is 3.58. The van der Waals surface area contributed by atoms with Gasteiger partial charge < -0.3 is 15.4 Å². The number of carbonyl (C=O) groups is 1. The molecule has 2 aromatic rings. The van der Waals surface area contributed by atoms with Crippen LogP contribution in [0.1, 0.15) is 12.5 Å². The molecule has 0 unspecified atom stereocenters. The van der Waals surface area contributed by atoms with E-state index in [1.54, 1.807) is 23.1 Å². The van der Waals surface area contributed by atoms with Crippen molar-refractivity contribution in [3.8, 4) is 0 Å². The summed E-state index contributed by atoms with van der Waals surface area (Å²) in [6.07, 6.45) is 5.19. The van der Waals surface area contributed by atoms with Crippen molar-refractivity contribution >= 4 is 11.7 Å². The lowest BCUT2D eigenvalue weighted by Gasteiger charge is -2.28. The fraction of sp³-hybridized carbons (Fsp3) is 0.400. The molecule has 2 N–H and O–H groups in total. The normalized spacial score (nSPS) is 21.5. The van der Waals surface area contributed by atoms with Gasteiger partial charge in [-0.05, 0) is 24.6 Å². The molecule has 1 amide bonds. The maximum absolute atomic E-state index is 12.2. The molecule has 0 radical (unpaired) electrons. The predicted octanol–water partition coefficient (Wildman–Crippen LogP) is 0.642. The number of anilines is 1. The van der Waals surface area contributed by atoms with Gasteiger partial charge in [0.05, 0.1) is 19.3 Å². The van der Waals surface area contributed by atoms with E-state index >= 15 is 0 Å². The summed E-state index contributed by atoms with van der Waals surface area (Å²) >= 11 is 0. The average molecular weight is 301 g/mol. The van der Waals surface area contributed by atoms with Crippen molar-refractivity contribution in [3.05, 3.63) is 42.4 Å². The summed E-state index contributed by atoms with van der Waals surface area (Å²) in [7, 11) is 0. The Morgan fingerprint density at radius 3 is 3.05 bits per heavy atom. The van der Waals surface area contributed by atoms with Crippen LogP contribution in [0.25, 0.3) is 0 Å². The molecule has 0 saturated carbocycles. The molecule has 3 heterocycles. The largest absolute Gasteiger partial charge is 0.375 e. The monoisotopic (exact) mass is 301 g/mol. The molecule has 2 aromatic heterocycles. The van der Waals surface area contributed by atoms with Gasteiger partial charge in [-0.1, -0.05) is 0 Å². The van der Waals surface area contributed by atoms with Crippen LogP contribution in [0.4, 0.5) is 5.82 Å². The Kier molecular flexibility index (Phi) is 4.45. The Bertz CT molecular complexity index is 628. The Morgan fingerprint density at radius 2 is 2.27 bits per heavy atom. The maximum atomic E-state index is 12.2. The van der Waals surface area contributed by atoms with Gasteiger partial charge in [-0.25, -0.2) is 0 Å². The zero-order chi connectivity index (χ0) is 15.4. The minimum Gasteiger partial charge on any atom is -0.375 e. The van der Waals surface area contributed by atoms with Crippen LogP contribution in [0.15, 0.2) is 36.8 Å². The number of nitrogens with one attached hydrogen (secondary N) is 2. The zero-order valence-corrected chi connectivity index (χ0v) is 12.4. The van der Waals surface area contributed by atoms with Crippen molar-refractivity contribution in [2.75, 3.05) is 18.5 Å². The number of rotatable bonds is 4. The second-order valence-corrected chi connectivity index (χ2v) is 5.25. The van der Waals surface area contributed by atoms with Crippen LogP contribution in [0.5, 0.6) is 0 Å². The van der Waals surface area contributed by atoms with Gasteiger partial charge in [0.1, 0.15) is 6.04 Å². The number of morpholine rings is 1. The molecular formula is C15H19N5O2. The Hall–Kier alpha value is -2.25. The molecule has 2 atom stereocenters. The van der Waals surface area contributed by atoms with Crippen LogP contribution < -0.4 is 10.6 Å². The lowest BCUT2D eigenvalue weighted by atomic mass is 10.1. The molecule has 7 heteroatoms. The summed E-state index contributed by atoms with van der Waals surface area (Å²) in [4.78, 5) is 16.2. The Labute approximate surface area is 128 Å². The van der Waals surface area contributed by atoms with Crippen molar-refractivity contribution in [1.82, 2.24) is 20.1 Å². The fourth-order valence-electron chi connectivity index (χ4n) is 2.42. The summed E-state index contributed by atoms with van der Waals surface area (Å²) in [6, 6.07) is 5.31. The number of nitrogens with zero attached hydrogens (tertiary/aromatic N) is 3. The molecule has 3 rings (SSSR count). The summed E-state index contributed by atoms with van der Waals surface area (Å²) in [5.41, 5.74) is 1.10. The van der Waals surface area contributed by atoms with Gasteiger partial charge in [0.2, 0.25) is 5.91 Å². The summed E-state index contributed by atoms with van der Waals surface area (Å²) in [5.74, 6) is 0.417. The van der Waals surface area contributed by atoms with Gasteiger partial charge in [-0.3, -0.25) is 14.5 Å². The third kappa shape index (κ3) is 3.49. The third-order valence-corrected chi connectivity index (χ3v) is 3.58. The quantitative estimate of drug-likeness (QED) is 0.866. The predicted molar refractivity (Wildman–Crippen MR) is 81.4 cm³/mol. The summed E-state index contributed by atoms with van der Waals surface area (Å²) in [6.45, 7) is 3.84. The molecule has 0 spiro atoms. The first-order valence-electron chi connectivity index (χ1n) is 7.30. The number of hydrogen-bond donors (Lipinski definition) is 2. The highest BCUT2D eigenvalue weighted by molar-refractivity contribution is 5.94. The number of pyridine rings is 1. The van der Waals surface area contributed by atoms with Gasteiger partial charge in [-0.15, -0.1) is 0 Å². The van der Waals surface area contributed by atoms with Gasteiger partial charge >= 0.3 is 0 Å². The highest BCUT2D eigenvalue weighted by atomic mass is 16.5. The first kappa shape index (κ1) is 14.7. The number of ether oxygens (including phenoxy) is 1. The van der Waals surface area contributed by atoms with E-state index in [-0.39, 0.29) is 18.1 Å².